The minimum absolute atomic E-state index is 0.000783. The number of amides is 1. The summed E-state index contributed by atoms with van der Waals surface area (Å²) in [5.41, 5.74) is 5.30. The second-order valence-corrected chi connectivity index (χ2v) is 8.59. The van der Waals surface area contributed by atoms with E-state index in [-0.39, 0.29) is 55.0 Å². The molecule has 1 atom stereocenters. The van der Waals surface area contributed by atoms with Gasteiger partial charge >= 0.3 is 6.18 Å². The Balaban J connectivity index is 0.000000307. The Hall–Kier alpha value is -4.47. The van der Waals surface area contributed by atoms with Crippen LogP contribution >= 0.6 is 0 Å². The molecule has 40 heavy (non-hydrogen) atoms. The van der Waals surface area contributed by atoms with Gasteiger partial charge < -0.3 is 35.0 Å². The molecular weight excluding hydrogens is 552 g/mol. The van der Waals surface area contributed by atoms with Gasteiger partial charge in [0.15, 0.2) is 17.5 Å². The molecule has 2 heterocycles. The predicted molar refractivity (Wildman–Crippen MR) is 118 cm³/mol. The number of halogens is 6. The van der Waals surface area contributed by atoms with Crippen LogP contribution < -0.4 is 15.9 Å². The van der Waals surface area contributed by atoms with E-state index in [4.69, 9.17) is 5.73 Å². The summed E-state index contributed by atoms with van der Waals surface area (Å²) in [5, 5.41) is 27.1. The van der Waals surface area contributed by atoms with E-state index in [0.29, 0.717) is 12.1 Å². The van der Waals surface area contributed by atoms with Crippen molar-refractivity contribution in [3.8, 4) is 0 Å². The topological polar surface area (TPSA) is 157 Å². The fraction of sp³-hybridized carbons (Fsp3) is 0.292. The van der Waals surface area contributed by atoms with Crippen molar-refractivity contribution in [3.63, 3.8) is 0 Å². The number of nitrogens with zero attached hydrogens (tertiary/aromatic N) is 4. The first-order chi connectivity index (χ1) is 18.7. The van der Waals surface area contributed by atoms with E-state index in [1.54, 1.807) is 0 Å². The Labute approximate surface area is 221 Å². The lowest BCUT2D eigenvalue weighted by atomic mass is 10.0. The molecule has 1 aromatic heterocycles. The summed E-state index contributed by atoms with van der Waals surface area (Å²) in [5.74, 6) is -7.96. The maximum Gasteiger partial charge on any atom is 0.451 e. The van der Waals surface area contributed by atoms with Crippen molar-refractivity contribution >= 4 is 17.8 Å². The molecule has 0 saturated carbocycles. The minimum atomic E-state index is -4.64. The Kier molecular flexibility index (Phi) is 9.13. The number of nitrogens with two attached hydrogens (primary N) is 1. The standard InChI is InChI=1S/C16H15F6N5O.C8H6O4/c17-10-6-12(19)11(18)4-8(10)3-9(23)5-14(28)26-1-2-27-13(7-26)24-25-15(27)16(20,21)22;9-7(10)5-2-1-3-6(4-5)8(11)12/h4,6,9H,1-3,5,7,23H2;1-4H,(H,9,10)(H,11,12)/p-2/t9-;/m1./s1. The molecule has 0 radical (unpaired) electrons. The number of carbonyl (C=O) groups excluding carboxylic acids is 3. The van der Waals surface area contributed by atoms with Gasteiger partial charge in [-0.15, -0.1) is 10.2 Å². The molecule has 4 rings (SSSR count). The van der Waals surface area contributed by atoms with Gasteiger partial charge in [-0.1, -0.05) is 18.2 Å². The molecule has 1 amide bonds. The monoisotopic (exact) mass is 571 g/mol. The summed E-state index contributed by atoms with van der Waals surface area (Å²) in [6.07, 6.45) is -5.11. The number of rotatable bonds is 6. The Morgan fingerprint density at radius 1 is 0.925 bits per heavy atom. The van der Waals surface area contributed by atoms with Crippen LogP contribution in [0.25, 0.3) is 0 Å². The van der Waals surface area contributed by atoms with Gasteiger partial charge in [-0.2, -0.15) is 13.2 Å². The smallest absolute Gasteiger partial charge is 0.451 e. The van der Waals surface area contributed by atoms with Gasteiger partial charge in [-0.3, -0.25) is 4.79 Å². The van der Waals surface area contributed by atoms with Crippen LogP contribution in [0.15, 0.2) is 36.4 Å². The number of carboxylic acid groups (broad SMARTS) is 2. The van der Waals surface area contributed by atoms with Crippen LogP contribution in [0.5, 0.6) is 0 Å². The van der Waals surface area contributed by atoms with Crippen LogP contribution in [0.1, 0.15) is 44.3 Å². The molecule has 2 aromatic carbocycles. The van der Waals surface area contributed by atoms with E-state index in [9.17, 15) is 50.9 Å². The highest BCUT2D eigenvalue weighted by Gasteiger charge is 2.40. The van der Waals surface area contributed by atoms with Crippen molar-refractivity contribution in [2.75, 3.05) is 6.54 Å². The van der Waals surface area contributed by atoms with E-state index in [2.05, 4.69) is 10.2 Å². The molecule has 0 bridgehead atoms. The average Bonchev–Trinajstić information content (AvgIpc) is 3.32. The van der Waals surface area contributed by atoms with Crippen LogP contribution in [0.2, 0.25) is 0 Å². The molecule has 16 heteroatoms. The van der Waals surface area contributed by atoms with Gasteiger partial charge in [-0.25, -0.2) is 13.2 Å². The number of carbonyl (C=O) groups is 3. The van der Waals surface area contributed by atoms with E-state index in [0.717, 1.165) is 10.6 Å². The fourth-order valence-corrected chi connectivity index (χ4v) is 3.78. The zero-order valence-electron chi connectivity index (χ0n) is 20.3. The Bertz CT molecular complexity index is 1400. The number of carboxylic acids is 2. The molecule has 10 nitrogen and oxygen atoms in total. The summed E-state index contributed by atoms with van der Waals surface area (Å²) in [7, 11) is 0. The quantitative estimate of drug-likeness (QED) is 0.330. The molecule has 0 fully saturated rings. The maximum absolute atomic E-state index is 13.7. The van der Waals surface area contributed by atoms with Crippen LogP contribution in [-0.2, 0) is 30.5 Å². The highest BCUT2D eigenvalue weighted by atomic mass is 19.4. The van der Waals surface area contributed by atoms with E-state index >= 15 is 0 Å². The Morgan fingerprint density at radius 2 is 1.52 bits per heavy atom. The van der Waals surface area contributed by atoms with Gasteiger partial charge in [0, 0.05) is 31.6 Å². The van der Waals surface area contributed by atoms with Crippen LogP contribution in [0.4, 0.5) is 26.3 Å². The molecule has 1 aliphatic rings. The Morgan fingerprint density at radius 3 is 2.10 bits per heavy atom. The number of fused-ring (bicyclic) bond motifs is 1. The summed E-state index contributed by atoms with van der Waals surface area (Å²) < 4.78 is 79.3. The van der Waals surface area contributed by atoms with E-state index in [1.165, 1.54) is 23.1 Å². The summed E-state index contributed by atoms with van der Waals surface area (Å²) >= 11 is 0. The first-order valence-electron chi connectivity index (χ1n) is 11.4. The lowest BCUT2D eigenvalue weighted by Gasteiger charge is -2.29. The fourth-order valence-electron chi connectivity index (χ4n) is 3.78. The number of benzene rings is 2. The molecule has 1 aliphatic heterocycles. The SMILES string of the molecule is N[C@@H](CC(=O)N1CCn2c(nnc2C(F)(F)F)C1)Cc1cc(F)c(F)cc1F.O=C([O-])c1cccc(C(=O)[O-])c1. The molecule has 0 unspecified atom stereocenters. The lowest BCUT2D eigenvalue weighted by Crippen LogP contribution is -2.42. The third-order valence-corrected chi connectivity index (χ3v) is 5.70. The van der Waals surface area contributed by atoms with Crippen LogP contribution in [0.3, 0.4) is 0 Å². The van der Waals surface area contributed by atoms with Crippen molar-refractivity contribution in [2.24, 2.45) is 5.73 Å². The molecule has 214 valence electrons. The van der Waals surface area contributed by atoms with Crippen LogP contribution in [0, 0.1) is 17.5 Å². The highest BCUT2D eigenvalue weighted by molar-refractivity contribution is 5.91. The number of aromatic carboxylic acids is 2. The van der Waals surface area contributed by atoms with Crippen molar-refractivity contribution in [2.45, 2.75) is 38.1 Å². The number of hydrogen-bond donors (Lipinski definition) is 1. The van der Waals surface area contributed by atoms with Gasteiger partial charge in [0.05, 0.1) is 18.5 Å². The largest absolute Gasteiger partial charge is 0.545 e. The maximum atomic E-state index is 13.7. The van der Waals surface area contributed by atoms with Gasteiger partial charge in [0.25, 0.3) is 0 Å². The summed E-state index contributed by atoms with van der Waals surface area (Å²) in [6.45, 7) is -0.302. The molecule has 0 aliphatic carbocycles. The van der Waals surface area contributed by atoms with Crippen molar-refractivity contribution < 1.29 is 50.9 Å². The van der Waals surface area contributed by atoms with Crippen molar-refractivity contribution in [1.82, 2.24) is 19.7 Å². The molecule has 2 N–H and O–H groups in total. The van der Waals surface area contributed by atoms with Crippen molar-refractivity contribution in [1.29, 1.82) is 0 Å². The van der Waals surface area contributed by atoms with Gasteiger partial charge in [-0.05, 0) is 35.2 Å². The zero-order valence-corrected chi connectivity index (χ0v) is 20.3. The normalized spacial score (nSPS) is 13.6. The highest BCUT2D eigenvalue weighted by Crippen LogP contribution is 2.29. The second kappa shape index (κ2) is 12.1. The number of alkyl halides is 3. The number of aromatic nitrogens is 3. The third kappa shape index (κ3) is 7.34. The minimum Gasteiger partial charge on any atom is -0.545 e. The number of hydrogen-bond acceptors (Lipinski definition) is 8. The second-order valence-electron chi connectivity index (χ2n) is 8.59. The first-order valence-corrected chi connectivity index (χ1v) is 11.4. The molecule has 0 spiro atoms. The molecule has 0 saturated heterocycles. The van der Waals surface area contributed by atoms with Crippen molar-refractivity contribution in [3.05, 3.63) is 82.2 Å². The first kappa shape index (κ1) is 30.1. The third-order valence-electron chi connectivity index (χ3n) is 5.70. The summed E-state index contributed by atoms with van der Waals surface area (Å²) in [6, 6.07) is 4.99. The van der Waals surface area contributed by atoms with E-state index in [1.807, 2.05) is 0 Å². The zero-order chi connectivity index (χ0) is 29.8. The van der Waals surface area contributed by atoms with Gasteiger partial charge in [0.1, 0.15) is 5.82 Å². The molecule has 3 aromatic rings. The summed E-state index contributed by atoms with van der Waals surface area (Å²) in [4.78, 5) is 34.1. The lowest BCUT2D eigenvalue weighted by molar-refractivity contribution is -0.255. The van der Waals surface area contributed by atoms with Crippen LogP contribution in [-0.4, -0.2) is 50.1 Å². The van der Waals surface area contributed by atoms with Gasteiger partial charge in [0.2, 0.25) is 11.7 Å². The predicted octanol–water partition coefficient (Wildman–Crippen LogP) is 0.430. The average molecular weight is 571 g/mol. The van der Waals surface area contributed by atoms with E-state index < -0.39 is 53.3 Å². The molecular formula is C24H19F6N5O5-2.